The molecule has 0 bridgehead atoms. The number of hydrogen-bond acceptors (Lipinski definition) is 7. The van der Waals surface area contributed by atoms with E-state index in [1.54, 1.807) is 6.20 Å². The second-order valence-corrected chi connectivity index (χ2v) is 8.08. The fourth-order valence-corrected chi connectivity index (χ4v) is 4.79. The molecule has 1 aliphatic heterocycles. The van der Waals surface area contributed by atoms with E-state index in [4.69, 9.17) is 15.5 Å². The highest BCUT2D eigenvalue weighted by molar-refractivity contribution is 5.72. The third-order valence-electron chi connectivity index (χ3n) is 6.39. The average Bonchev–Trinajstić information content (AvgIpc) is 3.29. The van der Waals surface area contributed by atoms with Gasteiger partial charge in [0.25, 0.3) is 0 Å². The molecule has 0 saturated carbocycles. The number of nitrogens with one attached hydrogen (secondary N) is 1. The lowest BCUT2D eigenvalue weighted by molar-refractivity contribution is -0.142. The Balaban J connectivity index is 1.40. The number of fused-ring (bicyclic) bond motifs is 2. The summed E-state index contributed by atoms with van der Waals surface area (Å²) in [5.41, 5.74) is 11.4. The highest BCUT2D eigenvalue weighted by atomic mass is 16.5. The number of H-pyrrole nitrogens is 1. The minimum Gasteiger partial charge on any atom is -0.459 e. The number of anilines is 1. The van der Waals surface area contributed by atoms with E-state index in [9.17, 15) is 4.79 Å². The van der Waals surface area contributed by atoms with Gasteiger partial charge in [-0.25, -0.2) is 9.97 Å². The zero-order chi connectivity index (χ0) is 20.0. The first-order valence-corrected chi connectivity index (χ1v) is 9.97. The Hall–Kier alpha value is -3.00. The van der Waals surface area contributed by atoms with E-state index in [-0.39, 0.29) is 24.0 Å². The van der Waals surface area contributed by atoms with Crippen LogP contribution < -0.4 is 10.6 Å². The number of nitrogens with zero attached hydrogens (tertiary/aromatic N) is 4. The van der Waals surface area contributed by atoms with E-state index in [1.807, 2.05) is 0 Å². The van der Waals surface area contributed by atoms with Gasteiger partial charge < -0.3 is 15.4 Å². The summed E-state index contributed by atoms with van der Waals surface area (Å²) in [6, 6.07) is 8.60. The molecule has 1 spiro atoms. The number of ether oxygens (including phenoxy) is 1. The van der Waals surface area contributed by atoms with Gasteiger partial charge in [0.1, 0.15) is 17.8 Å². The second kappa shape index (κ2) is 6.81. The van der Waals surface area contributed by atoms with Crippen molar-refractivity contribution >= 4 is 23.0 Å². The Morgan fingerprint density at radius 3 is 2.86 bits per heavy atom. The van der Waals surface area contributed by atoms with Gasteiger partial charge in [-0.3, -0.25) is 9.89 Å². The fourth-order valence-electron chi connectivity index (χ4n) is 4.79. The number of hydrogen-bond donors (Lipinski definition) is 2. The molecule has 0 radical (unpaired) electrons. The van der Waals surface area contributed by atoms with Crippen LogP contribution in [0.5, 0.6) is 0 Å². The molecule has 29 heavy (non-hydrogen) atoms. The summed E-state index contributed by atoms with van der Waals surface area (Å²) in [7, 11) is 0. The number of aromatic nitrogens is 4. The average molecular weight is 392 g/mol. The zero-order valence-electron chi connectivity index (χ0n) is 16.4. The molecular weight excluding hydrogens is 368 g/mol. The first-order chi connectivity index (χ1) is 14.1. The Kier molecular flexibility index (Phi) is 4.24. The number of esters is 1. The molecule has 8 heteroatoms. The van der Waals surface area contributed by atoms with Crippen molar-refractivity contribution in [2.45, 2.75) is 38.8 Å². The molecule has 2 aromatic heterocycles. The second-order valence-electron chi connectivity index (χ2n) is 8.08. The number of carbonyl (C=O) groups is 1. The summed E-state index contributed by atoms with van der Waals surface area (Å²) in [5.74, 6) is 0.416. The SMILES string of the molecule is CC(=O)OCc1nc2cn[nH]c2nc1N1CCC2(CC1)Cc1ccccc1[C@H]2N. The van der Waals surface area contributed by atoms with Crippen LogP contribution in [0.1, 0.15) is 42.6 Å². The van der Waals surface area contributed by atoms with Gasteiger partial charge in [0, 0.05) is 26.1 Å². The lowest BCUT2D eigenvalue weighted by Gasteiger charge is -2.42. The van der Waals surface area contributed by atoms with Crippen LogP contribution in [0, 0.1) is 5.41 Å². The first-order valence-electron chi connectivity index (χ1n) is 9.97. The van der Waals surface area contributed by atoms with Crippen molar-refractivity contribution in [2.24, 2.45) is 11.1 Å². The molecule has 150 valence electrons. The highest BCUT2D eigenvalue weighted by Crippen LogP contribution is 2.51. The van der Waals surface area contributed by atoms with Gasteiger partial charge in [-0.15, -0.1) is 0 Å². The molecule has 5 rings (SSSR count). The minimum absolute atomic E-state index is 0.0718. The quantitative estimate of drug-likeness (QED) is 0.658. The molecule has 2 aliphatic rings. The van der Waals surface area contributed by atoms with E-state index in [1.165, 1.54) is 18.1 Å². The number of carbonyl (C=O) groups excluding carboxylic acids is 1. The van der Waals surface area contributed by atoms with Gasteiger partial charge in [-0.05, 0) is 35.8 Å². The number of aromatic amines is 1. The largest absolute Gasteiger partial charge is 0.459 e. The first kappa shape index (κ1) is 18.1. The van der Waals surface area contributed by atoms with Gasteiger partial charge in [0.15, 0.2) is 11.5 Å². The third-order valence-corrected chi connectivity index (χ3v) is 6.39. The zero-order valence-corrected chi connectivity index (χ0v) is 16.4. The highest BCUT2D eigenvalue weighted by Gasteiger charge is 2.46. The molecule has 0 amide bonds. The van der Waals surface area contributed by atoms with Crippen molar-refractivity contribution in [1.82, 2.24) is 20.2 Å². The number of nitrogens with two attached hydrogens (primary N) is 1. The van der Waals surface area contributed by atoms with Gasteiger partial charge in [0.2, 0.25) is 0 Å². The number of benzene rings is 1. The summed E-state index contributed by atoms with van der Waals surface area (Å²) in [6.45, 7) is 3.17. The lowest BCUT2D eigenvalue weighted by atomic mass is 9.73. The van der Waals surface area contributed by atoms with Crippen molar-refractivity contribution in [3.05, 3.63) is 47.3 Å². The van der Waals surface area contributed by atoms with Gasteiger partial charge in [-0.2, -0.15) is 5.10 Å². The van der Waals surface area contributed by atoms with E-state index < -0.39 is 0 Å². The van der Waals surface area contributed by atoms with Gasteiger partial charge in [-0.1, -0.05) is 24.3 Å². The maximum absolute atomic E-state index is 11.3. The molecule has 3 N–H and O–H groups in total. The molecule has 1 fully saturated rings. The summed E-state index contributed by atoms with van der Waals surface area (Å²) in [5, 5.41) is 6.90. The van der Waals surface area contributed by atoms with E-state index in [0.717, 1.165) is 38.2 Å². The maximum Gasteiger partial charge on any atom is 0.303 e. The predicted octanol–water partition coefficient (Wildman–Crippen LogP) is 2.26. The molecule has 1 saturated heterocycles. The van der Waals surface area contributed by atoms with Crippen molar-refractivity contribution in [1.29, 1.82) is 0 Å². The molecule has 3 heterocycles. The molecular formula is C21H24N6O2. The van der Waals surface area contributed by atoms with E-state index >= 15 is 0 Å². The molecule has 0 unspecified atom stereocenters. The van der Waals surface area contributed by atoms with Crippen LogP contribution in [0.3, 0.4) is 0 Å². The van der Waals surface area contributed by atoms with Crippen LogP contribution in [0.2, 0.25) is 0 Å². The molecule has 1 aromatic carbocycles. The predicted molar refractivity (Wildman–Crippen MR) is 108 cm³/mol. The molecule has 1 aliphatic carbocycles. The number of piperidine rings is 1. The van der Waals surface area contributed by atoms with Gasteiger partial charge >= 0.3 is 5.97 Å². The maximum atomic E-state index is 11.3. The van der Waals surface area contributed by atoms with Crippen molar-refractivity contribution in [3.63, 3.8) is 0 Å². The Morgan fingerprint density at radius 2 is 2.10 bits per heavy atom. The van der Waals surface area contributed by atoms with Crippen molar-refractivity contribution in [3.8, 4) is 0 Å². The van der Waals surface area contributed by atoms with Crippen LogP contribution in [0.4, 0.5) is 5.82 Å². The third kappa shape index (κ3) is 3.04. The van der Waals surface area contributed by atoms with Crippen molar-refractivity contribution in [2.75, 3.05) is 18.0 Å². The summed E-state index contributed by atoms with van der Waals surface area (Å²) in [4.78, 5) is 22.9. The summed E-state index contributed by atoms with van der Waals surface area (Å²) >= 11 is 0. The molecule has 1 atom stereocenters. The Bertz CT molecular complexity index is 1070. The fraction of sp³-hybridized carbons (Fsp3) is 0.429. The van der Waals surface area contributed by atoms with Crippen LogP contribution >= 0.6 is 0 Å². The lowest BCUT2D eigenvalue weighted by Crippen LogP contribution is -2.45. The van der Waals surface area contributed by atoms with Crippen LogP contribution in [-0.4, -0.2) is 39.2 Å². The Labute approximate surface area is 168 Å². The van der Waals surface area contributed by atoms with E-state index in [2.05, 4.69) is 44.3 Å². The molecule has 3 aromatic rings. The van der Waals surface area contributed by atoms with Gasteiger partial charge in [0.05, 0.1) is 6.20 Å². The normalized spacial score (nSPS) is 20.2. The summed E-state index contributed by atoms with van der Waals surface area (Å²) < 4.78 is 5.22. The van der Waals surface area contributed by atoms with Crippen LogP contribution in [0.25, 0.3) is 11.2 Å². The van der Waals surface area contributed by atoms with E-state index in [0.29, 0.717) is 16.9 Å². The summed E-state index contributed by atoms with van der Waals surface area (Å²) in [6.07, 6.45) is 4.63. The molecule has 8 nitrogen and oxygen atoms in total. The Morgan fingerprint density at radius 1 is 1.31 bits per heavy atom. The topological polar surface area (TPSA) is 110 Å². The monoisotopic (exact) mass is 392 g/mol. The van der Waals surface area contributed by atoms with Crippen LogP contribution in [-0.2, 0) is 22.6 Å². The minimum atomic E-state index is -0.336. The smallest absolute Gasteiger partial charge is 0.303 e. The number of rotatable bonds is 3. The van der Waals surface area contributed by atoms with Crippen LogP contribution in [0.15, 0.2) is 30.5 Å². The standard InChI is InChI=1S/C21H24N6O2/c1-13(28)29-12-17-20(25-19-16(24-17)11-23-26-19)27-8-6-21(7-9-27)10-14-4-2-3-5-15(14)18(21)22/h2-5,11,18H,6-10,12,22H2,1H3,(H,23,25,26)/t18-/m1/s1. The van der Waals surface area contributed by atoms with Crippen molar-refractivity contribution < 1.29 is 9.53 Å².